The van der Waals surface area contributed by atoms with E-state index < -0.39 is 11.6 Å². The number of amides is 2. The lowest BCUT2D eigenvalue weighted by Gasteiger charge is -2.18. The first-order valence-corrected chi connectivity index (χ1v) is 7.67. The highest BCUT2D eigenvalue weighted by molar-refractivity contribution is 7.99. The van der Waals surface area contributed by atoms with E-state index >= 15 is 0 Å². The van der Waals surface area contributed by atoms with E-state index in [1.807, 2.05) is 0 Å². The van der Waals surface area contributed by atoms with Crippen molar-refractivity contribution in [1.82, 2.24) is 10.2 Å². The van der Waals surface area contributed by atoms with Crippen LogP contribution in [-0.4, -0.2) is 42.1 Å². The van der Waals surface area contributed by atoms with E-state index in [4.69, 9.17) is 0 Å². The molecule has 1 aliphatic rings. The molecule has 1 aliphatic heterocycles. The van der Waals surface area contributed by atoms with Crippen LogP contribution in [0.1, 0.15) is 12.8 Å². The van der Waals surface area contributed by atoms with Crippen LogP contribution in [0.15, 0.2) is 23.1 Å². The Bertz CT molecular complexity index is 540. The fourth-order valence-electron chi connectivity index (χ4n) is 2.00. The van der Waals surface area contributed by atoms with Gasteiger partial charge in [0.2, 0.25) is 11.8 Å². The Balaban J connectivity index is 1.80. The molecular weight excluding hydrogens is 298 g/mol. The van der Waals surface area contributed by atoms with Gasteiger partial charge >= 0.3 is 0 Å². The van der Waals surface area contributed by atoms with Crippen molar-refractivity contribution in [3.63, 3.8) is 0 Å². The van der Waals surface area contributed by atoms with E-state index in [-0.39, 0.29) is 24.8 Å². The lowest BCUT2D eigenvalue weighted by atomic mass is 10.3. The van der Waals surface area contributed by atoms with E-state index in [0.29, 0.717) is 23.7 Å². The molecule has 1 aromatic carbocycles. The van der Waals surface area contributed by atoms with Gasteiger partial charge in [0, 0.05) is 30.2 Å². The molecule has 1 fully saturated rings. The second-order valence-electron chi connectivity index (χ2n) is 4.69. The number of nitrogens with one attached hydrogen (secondary N) is 1. The smallest absolute Gasteiger partial charge is 0.239 e. The first-order valence-electron chi connectivity index (χ1n) is 6.68. The Morgan fingerprint density at radius 3 is 2.90 bits per heavy atom. The monoisotopic (exact) mass is 314 g/mol. The predicted octanol–water partition coefficient (Wildman–Crippen LogP) is 1.80. The molecule has 0 atom stereocenters. The summed E-state index contributed by atoms with van der Waals surface area (Å²) in [4.78, 5) is 25.5. The van der Waals surface area contributed by atoms with Crippen LogP contribution in [0.2, 0.25) is 0 Å². The molecule has 2 amide bonds. The van der Waals surface area contributed by atoms with Gasteiger partial charge in [-0.05, 0) is 24.6 Å². The summed E-state index contributed by atoms with van der Waals surface area (Å²) in [5.41, 5.74) is 0. The number of hydrogen-bond donors (Lipinski definition) is 1. The molecule has 1 aromatic rings. The second-order valence-corrected chi connectivity index (χ2v) is 5.86. The molecule has 0 aliphatic carbocycles. The van der Waals surface area contributed by atoms with Crippen LogP contribution >= 0.6 is 11.8 Å². The zero-order valence-electron chi connectivity index (χ0n) is 11.4. The van der Waals surface area contributed by atoms with Gasteiger partial charge in [0.1, 0.15) is 0 Å². The van der Waals surface area contributed by atoms with Gasteiger partial charge < -0.3 is 10.2 Å². The van der Waals surface area contributed by atoms with Gasteiger partial charge in [-0.2, -0.15) is 0 Å². The zero-order valence-corrected chi connectivity index (χ0v) is 12.2. The second kappa shape index (κ2) is 7.40. The molecule has 0 spiro atoms. The summed E-state index contributed by atoms with van der Waals surface area (Å²) < 4.78 is 25.8. The van der Waals surface area contributed by atoms with E-state index in [1.165, 1.54) is 22.7 Å². The van der Waals surface area contributed by atoms with Crippen LogP contribution in [-0.2, 0) is 9.59 Å². The fraction of sp³-hybridized carbons (Fsp3) is 0.429. The van der Waals surface area contributed by atoms with Crippen LogP contribution in [0.25, 0.3) is 0 Å². The summed E-state index contributed by atoms with van der Waals surface area (Å²) in [5, 5.41) is 2.71. The Labute approximate surface area is 125 Å². The van der Waals surface area contributed by atoms with E-state index in [9.17, 15) is 18.4 Å². The van der Waals surface area contributed by atoms with E-state index in [2.05, 4.69) is 5.32 Å². The number of halogens is 2. The lowest BCUT2D eigenvalue weighted by molar-refractivity contribution is -0.134. The summed E-state index contributed by atoms with van der Waals surface area (Å²) in [7, 11) is 0. The number of hydrogen-bond acceptors (Lipinski definition) is 3. The van der Waals surface area contributed by atoms with Gasteiger partial charge in [0.15, 0.2) is 11.6 Å². The molecule has 0 saturated carbocycles. The van der Waals surface area contributed by atoms with Crippen molar-refractivity contribution in [1.29, 1.82) is 0 Å². The highest BCUT2D eigenvalue weighted by Crippen LogP contribution is 2.21. The molecule has 1 saturated heterocycles. The summed E-state index contributed by atoms with van der Waals surface area (Å²) in [6.07, 6.45) is 1.00. The van der Waals surface area contributed by atoms with Gasteiger partial charge in [-0.15, -0.1) is 11.8 Å². The van der Waals surface area contributed by atoms with Crippen molar-refractivity contribution in [2.75, 3.05) is 25.4 Å². The van der Waals surface area contributed by atoms with E-state index in [1.54, 1.807) is 0 Å². The van der Waals surface area contributed by atoms with Crippen LogP contribution in [0.4, 0.5) is 8.78 Å². The molecule has 1 heterocycles. The molecule has 21 heavy (non-hydrogen) atoms. The third-order valence-electron chi connectivity index (χ3n) is 3.09. The Morgan fingerprint density at radius 1 is 1.33 bits per heavy atom. The Morgan fingerprint density at radius 2 is 2.14 bits per heavy atom. The minimum Gasteiger partial charge on any atom is -0.354 e. The first-order chi connectivity index (χ1) is 10.1. The number of rotatable bonds is 4. The minimum atomic E-state index is -0.893. The third-order valence-corrected chi connectivity index (χ3v) is 4.09. The topological polar surface area (TPSA) is 49.4 Å². The third kappa shape index (κ3) is 4.70. The number of carbonyl (C=O) groups excluding carboxylic acids is 2. The molecule has 0 bridgehead atoms. The van der Waals surface area contributed by atoms with E-state index in [0.717, 1.165) is 18.6 Å². The summed E-state index contributed by atoms with van der Waals surface area (Å²) >= 11 is 1.29. The van der Waals surface area contributed by atoms with Gasteiger partial charge in [0.25, 0.3) is 0 Å². The van der Waals surface area contributed by atoms with Gasteiger partial charge in [-0.1, -0.05) is 0 Å². The number of nitrogens with zero attached hydrogens (tertiary/aromatic N) is 1. The van der Waals surface area contributed by atoms with Crippen molar-refractivity contribution in [3.05, 3.63) is 29.8 Å². The Hall–Kier alpha value is -1.63. The molecule has 0 unspecified atom stereocenters. The number of carbonyl (C=O) groups is 2. The molecule has 0 aromatic heterocycles. The van der Waals surface area contributed by atoms with Gasteiger partial charge in [0.05, 0.1) is 6.54 Å². The van der Waals surface area contributed by atoms with Crippen LogP contribution in [0.3, 0.4) is 0 Å². The predicted molar refractivity (Wildman–Crippen MR) is 75.9 cm³/mol. The maximum atomic E-state index is 13.0. The standard InChI is InChI=1S/C14H16F2N2O2S/c15-11-3-2-10(8-12(11)16)21-7-4-14(20)18-6-1-5-17-13(19)9-18/h2-3,8H,1,4-7,9H2,(H,17,19). The average Bonchev–Trinajstić information content (AvgIpc) is 2.67. The Kier molecular flexibility index (Phi) is 5.55. The molecule has 4 nitrogen and oxygen atoms in total. The number of benzene rings is 1. The SMILES string of the molecule is O=C1CN(C(=O)CCSc2ccc(F)c(F)c2)CCCN1. The molecular formula is C14H16F2N2O2S. The highest BCUT2D eigenvalue weighted by atomic mass is 32.2. The molecule has 7 heteroatoms. The molecule has 0 radical (unpaired) electrons. The maximum absolute atomic E-state index is 13.0. The van der Waals surface area contributed by atoms with Crippen molar-refractivity contribution < 1.29 is 18.4 Å². The van der Waals surface area contributed by atoms with Crippen molar-refractivity contribution in [3.8, 4) is 0 Å². The minimum absolute atomic E-state index is 0.0919. The average molecular weight is 314 g/mol. The first kappa shape index (κ1) is 15.8. The normalized spacial score (nSPS) is 15.5. The quantitative estimate of drug-likeness (QED) is 0.862. The fourth-order valence-corrected chi connectivity index (χ4v) is 2.86. The van der Waals surface area contributed by atoms with Crippen molar-refractivity contribution >= 4 is 23.6 Å². The van der Waals surface area contributed by atoms with Gasteiger partial charge in [-0.3, -0.25) is 9.59 Å². The number of thioether (sulfide) groups is 1. The van der Waals surface area contributed by atoms with Crippen LogP contribution < -0.4 is 5.32 Å². The summed E-state index contributed by atoms with van der Waals surface area (Å²) in [5.74, 6) is -1.56. The lowest BCUT2D eigenvalue weighted by Crippen LogP contribution is -2.37. The maximum Gasteiger partial charge on any atom is 0.239 e. The van der Waals surface area contributed by atoms with Crippen LogP contribution in [0, 0.1) is 11.6 Å². The summed E-state index contributed by atoms with van der Waals surface area (Å²) in [6, 6.07) is 3.66. The van der Waals surface area contributed by atoms with Crippen molar-refractivity contribution in [2.45, 2.75) is 17.7 Å². The largest absolute Gasteiger partial charge is 0.354 e. The van der Waals surface area contributed by atoms with Crippen LogP contribution in [0.5, 0.6) is 0 Å². The van der Waals surface area contributed by atoms with Gasteiger partial charge in [-0.25, -0.2) is 8.78 Å². The van der Waals surface area contributed by atoms with Crippen molar-refractivity contribution in [2.24, 2.45) is 0 Å². The molecule has 1 N–H and O–H groups in total. The zero-order chi connectivity index (χ0) is 15.2. The molecule has 2 rings (SSSR count). The summed E-state index contributed by atoms with van der Waals surface area (Å²) in [6.45, 7) is 1.24. The molecule has 114 valence electrons. The highest BCUT2D eigenvalue weighted by Gasteiger charge is 2.19.